The van der Waals surface area contributed by atoms with Crippen molar-refractivity contribution in [2.45, 2.75) is 11.4 Å². The van der Waals surface area contributed by atoms with Gasteiger partial charge in [-0.05, 0) is 52.7 Å². The number of para-hydroxylation sites is 2. The number of benzene rings is 3. The van der Waals surface area contributed by atoms with Crippen LogP contribution in [0.1, 0.15) is 15.9 Å². The van der Waals surface area contributed by atoms with E-state index in [1.165, 1.54) is 19.2 Å². The average molecular weight is 453 g/mol. The number of rotatable bonds is 7. The number of hydrogen-bond acceptors (Lipinski definition) is 5. The minimum absolute atomic E-state index is 0.00737. The fraction of sp³-hybridized carbons (Fsp3) is 0.0870. The third kappa shape index (κ3) is 4.55. The Balaban J connectivity index is 1.51. The van der Waals surface area contributed by atoms with Gasteiger partial charge in [0.25, 0.3) is 15.9 Å². The maximum absolute atomic E-state index is 12.8. The number of anilines is 1. The highest BCUT2D eigenvalue weighted by Crippen LogP contribution is 2.27. The lowest BCUT2D eigenvalue weighted by molar-refractivity contribution is 0.0951. The molecule has 0 fully saturated rings. The standard InChI is InChI=1S/C23H20N2O4S2/c1-29-21-11-4-3-10-20(21)25-31(27,28)18-8-6-7-16(13-18)23(26)24-14-17-15-30-22-12-5-2-9-19(17)22/h2-13,15,25H,14H2,1H3,(H,24,26). The molecule has 4 rings (SSSR count). The third-order valence-corrected chi connectivity index (χ3v) is 7.13. The van der Waals surface area contributed by atoms with E-state index in [1.807, 2.05) is 29.6 Å². The number of fused-ring (bicyclic) bond motifs is 1. The zero-order valence-electron chi connectivity index (χ0n) is 16.7. The largest absolute Gasteiger partial charge is 0.495 e. The first kappa shape index (κ1) is 20.9. The number of ether oxygens (including phenoxy) is 1. The number of carbonyl (C=O) groups is 1. The number of nitrogens with one attached hydrogen (secondary N) is 2. The van der Waals surface area contributed by atoms with Crippen LogP contribution < -0.4 is 14.8 Å². The van der Waals surface area contributed by atoms with Crippen molar-refractivity contribution in [3.05, 3.63) is 89.3 Å². The molecule has 158 valence electrons. The first-order chi connectivity index (χ1) is 15.0. The molecule has 31 heavy (non-hydrogen) atoms. The molecule has 1 aromatic heterocycles. The lowest BCUT2D eigenvalue weighted by Crippen LogP contribution is -2.23. The van der Waals surface area contributed by atoms with Crippen LogP contribution in [0.5, 0.6) is 5.75 Å². The van der Waals surface area contributed by atoms with Crippen LogP contribution in [0.25, 0.3) is 10.1 Å². The number of hydrogen-bond donors (Lipinski definition) is 2. The number of methoxy groups -OCH3 is 1. The van der Waals surface area contributed by atoms with Crippen molar-refractivity contribution in [2.24, 2.45) is 0 Å². The molecule has 0 atom stereocenters. The van der Waals surface area contributed by atoms with Crippen LogP contribution in [0.4, 0.5) is 5.69 Å². The molecule has 0 aliphatic carbocycles. The Bertz CT molecular complexity index is 1350. The molecule has 6 nitrogen and oxygen atoms in total. The average Bonchev–Trinajstić information content (AvgIpc) is 3.21. The van der Waals surface area contributed by atoms with Gasteiger partial charge in [0.05, 0.1) is 17.7 Å². The van der Waals surface area contributed by atoms with Crippen LogP contribution in [-0.2, 0) is 16.6 Å². The fourth-order valence-corrected chi connectivity index (χ4v) is 5.26. The van der Waals surface area contributed by atoms with Crippen LogP contribution in [0.2, 0.25) is 0 Å². The Labute approximate surface area is 184 Å². The van der Waals surface area contributed by atoms with Crippen molar-refractivity contribution in [1.82, 2.24) is 5.32 Å². The molecule has 0 aliphatic heterocycles. The van der Waals surface area contributed by atoms with E-state index in [0.717, 1.165) is 15.6 Å². The Hall–Kier alpha value is -3.36. The van der Waals surface area contributed by atoms with Gasteiger partial charge in [-0.3, -0.25) is 9.52 Å². The topological polar surface area (TPSA) is 84.5 Å². The lowest BCUT2D eigenvalue weighted by Gasteiger charge is -2.12. The summed E-state index contributed by atoms with van der Waals surface area (Å²) < 4.78 is 34.5. The summed E-state index contributed by atoms with van der Waals surface area (Å²) in [5, 5.41) is 5.99. The van der Waals surface area contributed by atoms with Gasteiger partial charge in [-0.1, -0.05) is 36.4 Å². The molecule has 2 N–H and O–H groups in total. The van der Waals surface area contributed by atoms with Gasteiger partial charge in [-0.15, -0.1) is 11.3 Å². The second-order valence-electron chi connectivity index (χ2n) is 6.77. The smallest absolute Gasteiger partial charge is 0.262 e. The normalized spacial score (nSPS) is 11.3. The molecule has 3 aromatic carbocycles. The molecule has 0 radical (unpaired) electrons. The van der Waals surface area contributed by atoms with Crippen LogP contribution >= 0.6 is 11.3 Å². The van der Waals surface area contributed by atoms with Crippen LogP contribution in [0.3, 0.4) is 0 Å². The van der Waals surface area contributed by atoms with Gasteiger partial charge in [0, 0.05) is 16.8 Å². The molecule has 0 saturated heterocycles. The fourth-order valence-electron chi connectivity index (χ4n) is 3.18. The summed E-state index contributed by atoms with van der Waals surface area (Å²) in [4.78, 5) is 12.7. The molecule has 0 aliphatic rings. The Morgan fingerprint density at radius 1 is 1.00 bits per heavy atom. The van der Waals surface area contributed by atoms with E-state index >= 15 is 0 Å². The predicted octanol–water partition coefficient (Wildman–Crippen LogP) is 4.64. The first-order valence-corrected chi connectivity index (χ1v) is 11.8. The lowest BCUT2D eigenvalue weighted by atomic mass is 10.1. The van der Waals surface area contributed by atoms with Gasteiger partial charge in [-0.25, -0.2) is 8.42 Å². The molecular formula is C23H20N2O4S2. The van der Waals surface area contributed by atoms with Gasteiger partial charge in [-0.2, -0.15) is 0 Å². The highest BCUT2D eigenvalue weighted by atomic mass is 32.2. The van der Waals surface area contributed by atoms with Crippen molar-refractivity contribution in [3.8, 4) is 5.75 Å². The zero-order valence-corrected chi connectivity index (χ0v) is 18.3. The number of thiophene rings is 1. The zero-order chi connectivity index (χ0) is 21.8. The Morgan fingerprint density at radius 2 is 1.77 bits per heavy atom. The van der Waals surface area contributed by atoms with Gasteiger partial charge < -0.3 is 10.1 Å². The van der Waals surface area contributed by atoms with E-state index in [4.69, 9.17) is 4.74 Å². The van der Waals surface area contributed by atoms with Crippen molar-refractivity contribution in [3.63, 3.8) is 0 Å². The molecule has 0 spiro atoms. The Kier molecular flexibility index (Phi) is 5.92. The summed E-state index contributed by atoms with van der Waals surface area (Å²) in [6.45, 7) is 0.360. The van der Waals surface area contributed by atoms with E-state index in [2.05, 4.69) is 10.0 Å². The van der Waals surface area contributed by atoms with Crippen molar-refractivity contribution in [1.29, 1.82) is 0 Å². The monoisotopic (exact) mass is 452 g/mol. The molecule has 0 unspecified atom stereocenters. The molecule has 4 aromatic rings. The summed E-state index contributed by atoms with van der Waals surface area (Å²) in [6.07, 6.45) is 0. The van der Waals surface area contributed by atoms with E-state index in [9.17, 15) is 13.2 Å². The van der Waals surface area contributed by atoms with E-state index in [-0.39, 0.29) is 16.4 Å². The maximum atomic E-state index is 12.8. The molecule has 0 saturated carbocycles. The van der Waals surface area contributed by atoms with E-state index in [0.29, 0.717) is 18.0 Å². The molecule has 0 bridgehead atoms. The summed E-state index contributed by atoms with van der Waals surface area (Å²) in [5.74, 6) is 0.0626. The van der Waals surface area contributed by atoms with Gasteiger partial charge in [0.15, 0.2) is 0 Å². The summed E-state index contributed by atoms with van der Waals surface area (Å²) in [6, 6.07) is 20.7. The van der Waals surface area contributed by atoms with E-state index in [1.54, 1.807) is 47.7 Å². The van der Waals surface area contributed by atoms with Gasteiger partial charge in [0.1, 0.15) is 5.75 Å². The van der Waals surface area contributed by atoms with Crippen LogP contribution in [0.15, 0.2) is 83.1 Å². The molecule has 1 heterocycles. The van der Waals surface area contributed by atoms with Crippen LogP contribution in [-0.4, -0.2) is 21.4 Å². The Morgan fingerprint density at radius 3 is 2.61 bits per heavy atom. The van der Waals surface area contributed by atoms with Gasteiger partial charge in [0.2, 0.25) is 0 Å². The van der Waals surface area contributed by atoms with Gasteiger partial charge >= 0.3 is 0 Å². The first-order valence-electron chi connectivity index (χ1n) is 9.47. The van der Waals surface area contributed by atoms with Crippen molar-refractivity contribution >= 4 is 43.0 Å². The highest BCUT2D eigenvalue weighted by Gasteiger charge is 2.18. The highest BCUT2D eigenvalue weighted by molar-refractivity contribution is 7.92. The quantitative estimate of drug-likeness (QED) is 0.428. The number of amides is 1. The number of sulfonamides is 1. The predicted molar refractivity (Wildman–Crippen MR) is 123 cm³/mol. The third-order valence-electron chi connectivity index (χ3n) is 4.76. The second-order valence-corrected chi connectivity index (χ2v) is 9.37. The summed E-state index contributed by atoms with van der Waals surface area (Å²) in [5.41, 5.74) is 1.61. The summed E-state index contributed by atoms with van der Waals surface area (Å²) in [7, 11) is -2.43. The van der Waals surface area contributed by atoms with Crippen molar-refractivity contribution in [2.75, 3.05) is 11.8 Å². The SMILES string of the molecule is COc1ccccc1NS(=O)(=O)c1cccc(C(=O)NCc2csc3ccccc23)c1. The summed E-state index contributed by atoms with van der Waals surface area (Å²) >= 11 is 1.62. The van der Waals surface area contributed by atoms with Crippen molar-refractivity contribution < 1.29 is 17.9 Å². The molecule has 1 amide bonds. The molecular weight excluding hydrogens is 432 g/mol. The minimum Gasteiger partial charge on any atom is -0.495 e. The van der Waals surface area contributed by atoms with Crippen LogP contribution in [0, 0.1) is 0 Å². The van der Waals surface area contributed by atoms with E-state index < -0.39 is 10.0 Å². The maximum Gasteiger partial charge on any atom is 0.262 e. The molecule has 8 heteroatoms. The minimum atomic E-state index is -3.90. The second kappa shape index (κ2) is 8.79. The number of carbonyl (C=O) groups excluding carboxylic acids is 1.